The number of hydrogen-bond donors (Lipinski definition) is 3. The molecule has 0 bridgehead atoms. The summed E-state index contributed by atoms with van der Waals surface area (Å²) >= 11 is 0. The van der Waals surface area contributed by atoms with E-state index in [-0.39, 0.29) is 6.54 Å². The van der Waals surface area contributed by atoms with Gasteiger partial charge in [-0.2, -0.15) is 5.10 Å². The van der Waals surface area contributed by atoms with Crippen LogP contribution in [-0.4, -0.2) is 43.4 Å². The number of amides is 2. The van der Waals surface area contributed by atoms with Gasteiger partial charge in [0.15, 0.2) is 0 Å². The van der Waals surface area contributed by atoms with Gasteiger partial charge in [-0.25, -0.2) is 4.98 Å². The molecule has 0 atom stereocenters. The zero-order valence-electron chi connectivity index (χ0n) is 16.0. The Morgan fingerprint density at radius 2 is 2.17 bits per heavy atom. The van der Waals surface area contributed by atoms with E-state index in [4.69, 9.17) is 5.73 Å². The number of anilines is 2. The zero-order chi connectivity index (χ0) is 20.4. The molecule has 1 aliphatic carbocycles. The summed E-state index contributed by atoms with van der Waals surface area (Å²) in [6.07, 6.45) is 10.7. The predicted octanol–water partition coefficient (Wildman–Crippen LogP) is 1.88. The van der Waals surface area contributed by atoms with Gasteiger partial charge in [-0.3, -0.25) is 19.7 Å². The van der Waals surface area contributed by atoms with Crippen LogP contribution in [-0.2, 0) is 22.6 Å². The Kier molecular flexibility index (Phi) is 4.94. The number of hydrogen-bond acceptors (Lipinski definition) is 6. The van der Waals surface area contributed by atoms with Crippen molar-refractivity contribution in [2.45, 2.75) is 26.3 Å². The van der Waals surface area contributed by atoms with Crippen LogP contribution in [0.5, 0.6) is 0 Å². The highest BCUT2D eigenvalue weighted by atomic mass is 16.2. The summed E-state index contributed by atoms with van der Waals surface area (Å²) in [4.78, 5) is 35.3. The number of nitrogens with one attached hydrogen (secondary N) is 2. The van der Waals surface area contributed by atoms with Crippen LogP contribution in [0.15, 0.2) is 30.7 Å². The molecule has 0 saturated heterocycles. The molecule has 1 aliphatic rings. The first kappa shape index (κ1) is 18.6. The summed E-state index contributed by atoms with van der Waals surface area (Å²) in [5, 5.41) is 9.87. The Hall–Kier alpha value is -3.75. The summed E-state index contributed by atoms with van der Waals surface area (Å²) in [6, 6.07) is 2.00. The molecule has 0 fully saturated rings. The van der Waals surface area contributed by atoms with E-state index in [0.29, 0.717) is 29.0 Å². The van der Waals surface area contributed by atoms with E-state index in [1.807, 2.05) is 19.1 Å². The number of nitrogen functional groups attached to an aromatic ring is 1. The van der Waals surface area contributed by atoms with Gasteiger partial charge in [-0.15, -0.1) is 0 Å². The van der Waals surface area contributed by atoms with Crippen molar-refractivity contribution in [2.75, 3.05) is 17.6 Å². The third kappa shape index (κ3) is 3.54. The van der Waals surface area contributed by atoms with Crippen LogP contribution >= 0.6 is 0 Å². The molecule has 4 rings (SSSR count). The lowest BCUT2D eigenvalue weighted by Crippen LogP contribution is -2.39. The smallest absolute Gasteiger partial charge is 0.314 e. The molecule has 9 heteroatoms. The van der Waals surface area contributed by atoms with Gasteiger partial charge in [0.2, 0.25) is 0 Å². The quantitative estimate of drug-likeness (QED) is 0.582. The monoisotopic (exact) mass is 391 g/mol. The van der Waals surface area contributed by atoms with Crippen LogP contribution in [0, 0.1) is 0 Å². The molecule has 2 amide bonds. The SMILES string of the molecule is CCN(Cc1nccc2c1C=CCC2)C(=O)C(=O)Nc1cnc(N)c2cn[nH]c12. The van der Waals surface area contributed by atoms with Gasteiger partial charge in [0, 0.05) is 18.3 Å². The molecule has 0 unspecified atom stereocenters. The summed E-state index contributed by atoms with van der Waals surface area (Å²) in [5.41, 5.74) is 9.69. The summed E-state index contributed by atoms with van der Waals surface area (Å²) < 4.78 is 0. The van der Waals surface area contributed by atoms with E-state index in [1.165, 1.54) is 22.9 Å². The maximum Gasteiger partial charge on any atom is 0.314 e. The first-order chi connectivity index (χ1) is 14.1. The van der Waals surface area contributed by atoms with Crippen LogP contribution < -0.4 is 11.1 Å². The van der Waals surface area contributed by atoms with Crippen LogP contribution in [0.4, 0.5) is 11.5 Å². The van der Waals surface area contributed by atoms with E-state index in [0.717, 1.165) is 24.1 Å². The number of likely N-dealkylation sites (N-methyl/N-ethyl adjacent to an activating group) is 1. The molecule has 4 N–H and O–H groups in total. The molecule has 9 nitrogen and oxygen atoms in total. The lowest BCUT2D eigenvalue weighted by molar-refractivity contribution is -0.143. The van der Waals surface area contributed by atoms with Crippen LogP contribution in [0.25, 0.3) is 17.0 Å². The first-order valence-electron chi connectivity index (χ1n) is 9.39. The number of aromatic nitrogens is 4. The van der Waals surface area contributed by atoms with Crippen molar-refractivity contribution in [3.05, 3.63) is 47.6 Å². The van der Waals surface area contributed by atoms with Gasteiger partial charge >= 0.3 is 11.8 Å². The molecular weight excluding hydrogens is 370 g/mol. The van der Waals surface area contributed by atoms with E-state index in [9.17, 15) is 9.59 Å². The number of nitrogens with zero attached hydrogens (tertiary/aromatic N) is 4. The fraction of sp³-hybridized carbons (Fsp3) is 0.250. The fourth-order valence-corrected chi connectivity index (χ4v) is 3.43. The van der Waals surface area contributed by atoms with Gasteiger partial charge in [-0.1, -0.05) is 12.2 Å². The average molecular weight is 391 g/mol. The molecule has 0 aliphatic heterocycles. The third-order valence-corrected chi connectivity index (χ3v) is 5.00. The Morgan fingerprint density at radius 1 is 1.31 bits per heavy atom. The second-order valence-corrected chi connectivity index (χ2v) is 6.76. The molecule has 0 radical (unpaired) electrons. The Morgan fingerprint density at radius 3 is 3.00 bits per heavy atom. The van der Waals surface area contributed by atoms with Gasteiger partial charge < -0.3 is 16.0 Å². The van der Waals surface area contributed by atoms with Crippen molar-refractivity contribution in [3.63, 3.8) is 0 Å². The number of rotatable bonds is 4. The number of H-pyrrole nitrogens is 1. The predicted molar refractivity (Wildman–Crippen MR) is 110 cm³/mol. The average Bonchev–Trinajstić information content (AvgIpc) is 3.24. The van der Waals surface area contributed by atoms with E-state index in [1.54, 1.807) is 6.20 Å². The molecule has 148 valence electrons. The maximum atomic E-state index is 12.8. The van der Waals surface area contributed by atoms with Crippen molar-refractivity contribution in [1.29, 1.82) is 0 Å². The highest BCUT2D eigenvalue weighted by molar-refractivity contribution is 6.40. The molecule has 0 saturated carbocycles. The molecule has 3 aromatic rings. The second-order valence-electron chi connectivity index (χ2n) is 6.76. The topological polar surface area (TPSA) is 130 Å². The maximum absolute atomic E-state index is 12.8. The number of pyridine rings is 2. The van der Waals surface area contributed by atoms with Crippen LogP contribution in [0.3, 0.4) is 0 Å². The number of carbonyl (C=O) groups excluding carboxylic acids is 2. The van der Waals surface area contributed by atoms with Crippen molar-refractivity contribution >= 4 is 40.3 Å². The van der Waals surface area contributed by atoms with E-state index >= 15 is 0 Å². The number of aryl methyl sites for hydroxylation is 1. The summed E-state index contributed by atoms with van der Waals surface area (Å²) in [5.74, 6) is -1.10. The largest absolute Gasteiger partial charge is 0.383 e. The third-order valence-electron chi connectivity index (χ3n) is 5.00. The minimum Gasteiger partial charge on any atom is -0.383 e. The number of nitrogens with two attached hydrogens (primary N) is 1. The number of carbonyl (C=O) groups is 2. The lowest BCUT2D eigenvalue weighted by atomic mass is 9.96. The van der Waals surface area contributed by atoms with E-state index < -0.39 is 11.8 Å². The molecule has 3 heterocycles. The highest BCUT2D eigenvalue weighted by Crippen LogP contribution is 2.24. The highest BCUT2D eigenvalue weighted by Gasteiger charge is 2.24. The summed E-state index contributed by atoms with van der Waals surface area (Å²) in [6.45, 7) is 2.46. The number of fused-ring (bicyclic) bond motifs is 2. The Labute approximate surface area is 167 Å². The molecule has 3 aromatic heterocycles. The minimum atomic E-state index is -0.755. The molecule has 0 spiro atoms. The van der Waals surface area contributed by atoms with Gasteiger partial charge in [0.1, 0.15) is 5.82 Å². The van der Waals surface area contributed by atoms with E-state index in [2.05, 4.69) is 31.6 Å². The minimum absolute atomic E-state index is 0.260. The van der Waals surface area contributed by atoms with Crippen LogP contribution in [0.1, 0.15) is 30.2 Å². The Bertz CT molecular complexity index is 1120. The van der Waals surface area contributed by atoms with Gasteiger partial charge in [0.05, 0.1) is 41.2 Å². The zero-order valence-corrected chi connectivity index (χ0v) is 16.0. The second kappa shape index (κ2) is 7.70. The summed E-state index contributed by atoms with van der Waals surface area (Å²) in [7, 11) is 0. The van der Waals surface area contributed by atoms with Crippen molar-refractivity contribution in [3.8, 4) is 0 Å². The fourth-order valence-electron chi connectivity index (χ4n) is 3.43. The molecule has 0 aromatic carbocycles. The first-order valence-corrected chi connectivity index (χ1v) is 9.39. The standard InChI is InChI=1S/C20H21N7O2/c1-2-27(11-16-13-6-4-3-5-12(13)7-8-22-16)20(29)19(28)25-15-10-23-18(21)14-9-24-26-17(14)15/h4,6-10H,2-3,5,11H2,1H3,(H2,21,23)(H,24,26)(H,25,28). The van der Waals surface area contributed by atoms with Gasteiger partial charge in [-0.05, 0) is 31.4 Å². The normalized spacial score (nSPS) is 12.6. The lowest BCUT2D eigenvalue weighted by Gasteiger charge is -2.22. The molecular formula is C20H21N7O2. The van der Waals surface area contributed by atoms with Crippen LogP contribution in [0.2, 0.25) is 0 Å². The van der Waals surface area contributed by atoms with Crippen molar-refractivity contribution < 1.29 is 9.59 Å². The van der Waals surface area contributed by atoms with Crippen molar-refractivity contribution in [1.82, 2.24) is 25.1 Å². The number of aromatic amines is 1. The number of allylic oxidation sites excluding steroid dienone is 1. The molecule has 29 heavy (non-hydrogen) atoms. The van der Waals surface area contributed by atoms with Crippen molar-refractivity contribution in [2.24, 2.45) is 0 Å². The Balaban J connectivity index is 1.53. The van der Waals surface area contributed by atoms with Gasteiger partial charge in [0.25, 0.3) is 0 Å².